The molecule has 1 atom stereocenters. The number of aliphatic hydroxyl groups excluding tert-OH is 1. The minimum Gasteiger partial charge on any atom is -0.381 e. The fourth-order valence-electron chi connectivity index (χ4n) is 0.707. The molecule has 76 valence electrons. The molecular weight excluding hydrogens is 192 g/mol. The number of hydrogen-bond donors (Lipinski definition) is 4. The van der Waals surface area contributed by atoms with E-state index < -0.39 is 23.8 Å². The van der Waals surface area contributed by atoms with Crippen LogP contribution >= 0.6 is 0 Å². The van der Waals surface area contributed by atoms with Gasteiger partial charge in [-0.15, -0.1) is 0 Å². The zero-order valence-electron chi connectivity index (χ0n) is 6.98. The van der Waals surface area contributed by atoms with Crippen molar-refractivity contribution in [2.45, 2.75) is 6.10 Å². The van der Waals surface area contributed by atoms with Crippen LogP contribution in [-0.4, -0.2) is 41.4 Å². The first-order valence-corrected chi connectivity index (χ1v) is 3.65. The number of hydrogen-bond acceptors (Lipinski definition) is 5. The molecule has 1 unspecified atom stereocenters. The quantitative estimate of drug-likeness (QED) is 0.350. The van der Waals surface area contributed by atoms with E-state index in [0.29, 0.717) is 0 Å². The Morgan fingerprint density at radius 3 is 2.36 bits per heavy atom. The first-order valence-electron chi connectivity index (χ1n) is 3.65. The highest BCUT2D eigenvalue weighted by molar-refractivity contribution is 6.45. The highest BCUT2D eigenvalue weighted by Gasteiger charge is 2.25. The molecule has 0 radical (unpaired) electrons. The van der Waals surface area contributed by atoms with Gasteiger partial charge in [-0.1, -0.05) is 0 Å². The predicted molar refractivity (Wildman–Crippen MR) is 43.8 cm³/mol. The second-order valence-electron chi connectivity index (χ2n) is 2.52. The fourth-order valence-corrected chi connectivity index (χ4v) is 0.707. The summed E-state index contributed by atoms with van der Waals surface area (Å²) in [6.07, 6.45) is -1.43. The highest BCUT2D eigenvalue weighted by Crippen LogP contribution is 1.86. The lowest BCUT2D eigenvalue weighted by Gasteiger charge is -2.01. The van der Waals surface area contributed by atoms with Gasteiger partial charge in [0.05, 0.1) is 6.54 Å². The molecule has 0 saturated carbocycles. The zero-order chi connectivity index (χ0) is 10.7. The molecule has 5 N–H and O–H groups in total. The molecule has 1 aliphatic heterocycles. The number of rotatable bonds is 3. The van der Waals surface area contributed by atoms with E-state index >= 15 is 0 Å². The maximum atomic E-state index is 10.6. The van der Waals surface area contributed by atoms with Gasteiger partial charge in [-0.3, -0.25) is 25.0 Å². The summed E-state index contributed by atoms with van der Waals surface area (Å²) in [7, 11) is 0. The third-order valence-electron chi connectivity index (χ3n) is 1.42. The van der Waals surface area contributed by atoms with Crippen LogP contribution in [0.4, 0.5) is 0 Å². The van der Waals surface area contributed by atoms with Crippen LogP contribution < -0.4 is 16.4 Å². The minimum absolute atomic E-state index is 0.0969. The number of guanidine groups is 1. The van der Waals surface area contributed by atoms with E-state index in [1.807, 2.05) is 0 Å². The normalized spacial score (nSPS) is 17.4. The van der Waals surface area contributed by atoms with Crippen molar-refractivity contribution in [3.05, 3.63) is 0 Å². The van der Waals surface area contributed by atoms with Gasteiger partial charge in [0.1, 0.15) is 0 Å². The van der Waals surface area contributed by atoms with Crippen molar-refractivity contribution in [3.63, 3.8) is 0 Å². The standard InChI is InChI=1S/C6H8N4O4/c7-3(12)2(11)1-8-6-9-4(13)5(14)10-6/h2,11H,1H2,(H2,7,12)(H2,8,9,10,13,14). The molecule has 1 rings (SSSR count). The monoisotopic (exact) mass is 200 g/mol. The lowest BCUT2D eigenvalue weighted by Crippen LogP contribution is -2.33. The van der Waals surface area contributed by atoms with E-state index in [0.717, 1.165) is 0 Å². The Kier molecular flexibility index (Phi) is 2.77. The Morgan fingerprint density at radius 2 is 1.93 bits per heavy atom. The number of nitrogens with one attached hydrogen (secondary N) is 2. The number of carbonyl (C=O) groups excluding carboxylic acids is 3. The minimum atomic E-state index is -1.43. The summed E-state index contributed by atoms with van der Waals surface area (Å²) < 4.78 is 0. The second-order valence-corrected chi connectivity index (χ2v) is 2.52. The van der Waals surface area contributed by atoms with Crippen LogP contribution in [0.5, 0.6) is 0 Å². The Balaban J connectivity index is 2.51. The summed E-state index contributed by atoms with van der Waals surface area (Å²) in [5.41, 5.74) is 4.74. The lowest BCUT2D eigenvalue weighted by molar-refractivity contribution is -0.135. The maximum absolute atomic E-state index is 10.6. The molecule has 3 amide bonds. The number of primary amides is 1. The second kappa shape index (κ2) is 3.83. The predicted octanol–water partition coefficient (Wildman–Crippen LogP) is -3.57. The lowest BCUT2D eigenvalue weighted by atomic mass is 10.3. The van der Waals surface area contributed by atoms with Crippen LogP contribution in [0.3, 0.4) is 0 Å². The SMILES string of the molecule is NC(=O)C(O)CN=C1NC(=O)C(=O)N1. The number of nitrogens with zero attached hydrogens (tertiary/aromatic N) is 1. The van der Waals surface area contributed by atoms with Crippen molar-refractivity contribution < 1.29 is 19.5 Å². The van der Waals surface area contributed by atoms with Crippen LogP contribution in [0.1, 0.15) is 0 Å². The fraction of sp³-hybridized carbons (Fsp3) is 0.333. The largest absolute Gasteiger partial charge is 0.381 e. The van der Waals surface area contributed by atoms with Crippen molar-refractivity contribution in [2.24, 2.45) is 10.7 Å². The molecule has 8 nitrogen and oxygen atoms in total. The molecule has 1 saturated heterocycles. The first kappa shape index (κ1) is 10.1. The van der Waals surface area contributed by atoms with Crippen LogP contribution in [-0.2, 0) is 14.4 Å². The Hall–Kier alpha value is -1.96. The molecule has 1 aliphatic rings. The van der Waals surface area contributed by atoms with E-state index in [2.05, 4.69) is 15.6 Å². The van der Waals surface area contributed by atoms with Gasteiger partial charge in [-0.05, 0) is 0 Å². The van der Waals surface area contributed by atoms with Crippen molar-refractivity contribution in [1.29, 1.82) is 0 Å². The summed E-state index contributed by atoms with van der Waals surface area (Å²) in [5.74, 6) is -2.69. The van der Waals surface area contributed by atoms with Gasteiger partial charge in [0.15, 0.2) is 6.10 Å². The molecule has 8 heteroatoms. The maximum Gasteiger partial charge on any atom is 0.316 e. The van der Waals surface area contributed by atoms with Crippen LogP contribution in [0.2, 0.25) is 0 Å². The van der Waals surface area contributed by atoms with E-state index in [9.17, 15) is 14.4 Å². The van der Waals surface area contributed by atoms with E-state index in [4.69, 9.17) is 10.8 Å². The zero-order valence-corrected chi connectivity index (χ0v) is 6.98. The third-order valence-corrected chi connectivity index (χ3v) is 1.42. The van der Waals surface area contributed by atoms with E-state index in [1.165, 1.54) is 0 Å². The first-order chi connectivity index (χ1) is 6.50. The topological polar surface area (TPSA) is 134 Å². The molecular formula is C6H8N4O4. The molecule has 1 heterocycles. The average molecular weight is 200 g/mol. The Labute approximate surface area is 78.2 Å². The number of carbonyl (C=O) groups is 3. The smallest absolute Gasteiger partial charge is 0.316 e. The van der Waals surface area contributed by atoms with E-state index in [1.54, 1.807) is 0 Å². The van der Waals surface area contributed by atoms with Gasteiger partial charge in [-0.2, -0.15) is 0 Å². The van der Waals surface area contributed by atoms with Crippen LogP contribution in [0.15, 0.2) is 4.99 Å². The van der Waals surface area contributed by atoms with Gasteiger partial charge in [-0.25, -0.2) is 4.99 Å². The van der Waals surface area contributed by atoms with Crippen molar-refractivity contribution in [3.8, 4) is 0 Å². The molecule has 14 heavy (non-hydrogen) atoms. The van der Waals surface area contributed by atoms with Gasteiger partial charge in [0.2, 0.25) is 11.9 Å². The van der Waals surface area contributed by atoms with Crippen LogP contribution in [0.25, 0.3) is 0 Å². The molecule has 0 aliphatic carbocycles. The Morgan fingerprint density at radius 1 is 1.43 bits per heavy atom. The van der Waals surface area contributed by atoms with Crippen molar-refractivity contribution >= 4 is 23.7 Å². The van der Waals surface area contributed by atoms with Gasteiger partial charge in [0.25, 0.3) is 0 Å². The molecule has 1 fully saturated rings. The number of aliphatic imine (C=N–C) groups is 1. The molecule has 0 spiro atoms. The summed E-state index contributed by atoms with van der Waals surface area (Å²) in [4.78, 5) is 35.1. The summed E-state index contributed by atoms with van der Waals surface area (Å²) >= 11 is 0. The van der Waals surface area contributed by atoms with Gasteiger partial charge in [0, 0.05) is 0 Å². The molecule has 0 aromatic heterocycles. The Bertz CT molecular complexity index is 306. The van der Waals surface area contributed by atoms with Gasteiger partial charge >= 0.3 is 11.8 Å². The average Bonchev–Trinajstić information content (AvgIpc) is 2.42. The molecule has 0 aromatic carbocycles. The summed E-state index contributed by atoms with van der Waals surface area (Å²) in [6.45, 7) is -0.314. The summed E-state index contributed by atoms with van der Waals surface area (Å²) in [6, 6.07) is 0. The number of nitrogens with two attached hydrogens (primary N) is 1. The number of amides is 3. The van der Waals surface area contributed by atoms with Crippen LogP contribution in [0, 0.1) is 0 Å². The van der Waals surface area contributed by atoms with Gasteiger partial charge < -0.3 is 10.8 Å². The van der Waals surface area contributed by atoms with Crippen molar-refractivity contribution in [1.82, 2.24) is 10.6 Å². The molecule has 0 bridgehead atoms. The summed E-state index contributed by atoms with van der Waals surface area (Å²) in [5, 5.41) is 13.1. The van der Waals surface area contributed by atoms with E-state index in [-0.39, 0.29) is 12.5 Å². The highest BCUT2D eigenvalue weighted by atomic mass is 16.3. The number of aliphatic hydroxyl groups is 1. The van der Waals surface area contributed by atoms with Crippen molar-refractivity contribution in [2.75, 3.05) is 6.54 Å². The third kappa shape index (κ3) is 2.26. The molecule has 0 aromatic rings.